The molecule has 0 aliphatic carbocycles. The molecule has 4 rings (SSSR count). The van der Waals surface area contributed by atoms with Crippen molar-refractivity contribution in [2.24, 2.45) is 0 Å². The van der Waals surface area contributed by atoms with Gasteiger partial charge in [-0.25, -0.2) is 14.2 Å². The maximum Gasteiger partial charge on any atom is 0.410 e. The lowest BCUT2D eigenvalue weighted by molar-refractivity contribution is -0.124. The molecule has 2 amide bonds. The van der Waals surface area contributed by atoms with Gasteiger partial charge in [-0.2, -0.15) is 13.2 Å². The molecule has 0 atom stereocenters. The first-order chi connectivity index (χ1) is 23.4. The molecule has 0 saturated carbocycles. The van der Waals surface area contributed by atoms with Crippen molar-refractivity contribution >= 4 is 57.3 Å². The normalized spacial score (nSPS) is 12.6. The molecule has 0 fully saturated rings. The molecule has 2 heterocycles. The van der Waals surface area contributed by atoms with Crippen LogP contribution in [0.5, 0.6) is 5.88 Å². The second kappa shape index (κ2) is 16.0. The minimum atomic E-state index is -4.68. The van der Waals surface area contributed by atoms with Crippen molar-refractivity contribution in [2.45, 2.75) is 39.0 Å². The zero-order valence-corrected chi connectivity index (χ0v) is 29.5. The van der Waals surface area contributed by atoms with Crippen LogP contribution in [-0.4, -0.2) is 77.3 Å². The number of benzene rings is 2. The van der Waals surface area contributed by atoms with E-state index in [0.29, 0.717) is 10.9 Å². The number of pyridine rings is 1. The number of halogens is 6. The van der Waals surface area contributed by atoms with E-state index in [0.717, 1.165) is 12.1 Å². The molecule has 0 saturated heterocycles. The van der Waals surface area contributed by atoms with Crippen LogP contribution in [0.2, 0.25) is 10.0 Å². The van der Waals surface area contributed by atoms with E-state index in [1.807, 2.05) is 0 Å². The lowest BCUT2D eigenvalue weighted by Crippen LogP contribution is -2.39. The summed E-state index contributed by atoms with van der Waals surface area (Å²) in [6, 6.07) is 13.1. The Bertz CT molecular complexity index is 1900. The average molecular weight is 736 g/mol. The number of ether oxygens (including phenoxy) is 2. The molecular formula is C36H36Cl2F4N4O4. The SMILES string of the molecule is CN(C)C(=O)/C=C/CN(CCOc1ccc(/C(=C(/CC(F)(F)F)c2ccc(F)cc2Cl)c2[nH]c3ccccc3c2Cl)cn1)C(=O)OC(C)(C)C. The van der Waals surface area contributed by atoms with Crippen molar-refractivity contribution < 1.29 is 36.6 Å². The zero-order valence-electron chi connectivity index (χ0n) is 28.0. The Labute approximate surface area is 297 Å². The second-order valence-electron chi connectivity index (χ2n) is 12.4. The van der Waals surface area contributed by atoms with Gasteiger partial charge in [-0.05, 0) is 56.2 Å². The molecule has 4 aromatic rings. The van der Waals surface area contributed by atoms with E-state index in [2.05, 4.69) is 9.97 Å². The van der Waals surface area contributed by atoms with Gasteiger partial charge < -0.3 is 24.3 Å². The second-order valence-corrected chi connectivity index (χ2v) is 13.2. The van der Waals surface area contributed by atoms with Crippen LogP contribution in [0.4, 0.5) is 22.4 Å². The molecule has 0 unspecified atom stereocenters. The summed E-state index contributed by atoms with van der Waals surface area (Å²) in [4.78, 5) is 35.0. The number of amides is 2. The Morgan fingerprint density at radius 1 is 1.02 bits per heavy atom. The third-order valence-electron chi connectivity index (χ3n) is 7.14. The van der Waals surface area contributed by atoms with Gasteiger partial charge in [0, 0.05) is 61.0 Å². The third-order valence-corrected chi connectivity index (χ3v) is 7.85. The highest BCUT2D eigenvalue weighted by atomic mass is 35.5. The highest BCUT2D eigenvalue weighted by Crippen LogP contribution is 2.44. The van der Waals surface area contributed by atoms with Crippen LogP contribution in [0.1, 0.15) is 44.0 Å². The molecule has 2 aromatic carbocycles. The van der Waals surface area contributed by atoms with Gasteiger partial charge in [0.05, 0.1) is 28.7 Å². The number of fused-ring (bicyclic) bond motifs is 1. The lowest BCUT2D eigenvalue weighted by Gasteiger charge is -2.26. The van der Waals surface area contributed by atoms with Crippen LogP contribution in [0.3, 0.4) is 0 Å². The molecule has 2 aromatic heterocycles. The molecule has 8 nitrogen and oxygen atoms in total. The van der Waals surface area contributed by atoms with E-state index in [1.165, 1.54) is 46.3 Å². The van der Waals surface area contributed by atoms with Crippen LogP contribution in [-0.2, 0) is 9.53 Å². The fourth-order valence-electron chi connectivity index (χ4n) is 4.89. The van der Waals surface area contributed by atoms with E-state index in [-0.39, 0.29) is 69.5 Å². The molecular weight excluding hydrogens is 699 g/mol. The Morgan fingerprint density at radius 3 is 2.34 bits per heavy atom. The number of alkyl halides is 3. The Balaban J connectivity index is 1.69. The number of hydrogen-bond acceptors (Lipinski definition) is 5. The average Bonchev–Trinajstić information content (AvgIpc) is 3.34. The van der Waals surface area contributed by atoms with Crippen LogP contribution < -0.4 is 4.74 Å². The molecule has 0 bridgehead atoms. The quantitative estimate of drug-likeness (QED) is 0.123. The van der Waals surface area contributed by atoms with Gasteiger partial charge in [-0.15, -0.1) is 0 Å². The molecule has 0 aliphatic rings. The largest absolute Gasteiger partial charge is 0.476 e. The number of carbonyl (C=O) groups excluding carboxylic acids is 2. The van der Waals surface area contributed by atoms with E-state index >= 15 is 0 Å². The van der Waals surface area contributed by atoms with Gasteiger partial charge in [-0.3, -0.25) is 4.79 Å². The van der Waals surface area contributed by atoms with Gasteiger partial charge in [0.25, 0.3) is 0 Å². The number of aromatic nitrogens is 2. The first-order valence-electron chi connectivity index (χ1n) is 15.4. The Morgan fingerprint density at radius 2 is 1.74 bits per heavy atom. The van der Waals surface area contributed by atoms with Gasteiger partial charge in [0.1, 0.15) is 18.0 Å². The maximum atomic E-state index is 14.2. The topological polar surface area (TPSA) is 87.8 Å². The molecule has 14 heteroatoms. The van der Waals surface area contributed by atoms with Gasteiger partial charge in [-0.1, -0.05) is 53.5 Å². The summed E-state index contributed by atoms with van der Waals surface area (Å²) in [6.45, 7) is 5.29. The number of rotatable bonds is 11. The van der Waals surface area contributed by atoms with Gasteiger partial charge in [0.15, 0.2) is 0 Å². The lowest BCUT2D eigenvalue weighted by atomic mass is 9.90. The highest BCUT2D eigenvalue weighted by molar-refractivity contribution is 6.38. The van der Waals surface area contributed by atoms with Crippen molar-refractivity contribution in [2.75, 3.05) is 33.8 Å². The summed E-state index contributed by atoms with van der Waals surface area (Å²) in [5.74, 6) is -0.839. The Hall–Kier alpha value is -4.55. The smallest absolute Gasteiger partial charge is 0.410 e. The van der Waals surface area contributed by atoms with Crippen LogP contribution >= 0.6 is 23.2 Å². The van der Waals surface area contributed by atoms with Crippen molar-refractivity contribution in [3.63, 3.8) is 0 Å². The first-order valence-corrected chi connectivity index (χ1v) is 16.2. The van der Waals surface area contributed by atoms with Crippen molar-refractivity contribution in [3.8, 4) is 5.88 Å². The summed E-state index contributed by atoms with van der Waals surface area (Å²) < 4.78 is 67.8. The molecule has 0 aliphatic heterocycles. The monoisotopic (exact) mass is 734 g/mol. The van der Waals surface area contributed by atoms with Gasteiger partial charge in [0.2, 0.25) is 11.8 Å². The summed E-state index contributed by atoms with van der Waals surface area (Å²) in [7, 11) is 3.21. The summed E-state index contributed by atoms with van der Waals surface area (Å²) in [5, 5.41) is 0.552. The molecule has 0 radical (unpaired) electrons. The number of carbonyl (C=O) groups is 2. The minimum Gasteiger partial charge on any atom is -0.476 e. The van der Waals surface area contributed by atoms with E-state index in [4.69, 9.17) is 32.7 Å². The van der Waals surface area contributed by atoms with E-state index in [9.17, 15) is 27.2 Å². The molecule has 1 N–H and O–H groups in total. The highest BCUT2D eigenvalue weighted by Gasteiger charge is 2.33. The number of nitrogens with zero attached hydrogens (tertiary/aromatic N) is 3. The minimum absolute atomic E-state index is 0.0257. The van der Waals surface area contributed by atoms with E-state index < -0.39 is 30.1 Å². The van der Waals surface area contributed by atoms with Crippen molar-refractivity contribution in [1.82, 2.24) is 19.8 Å². The van der Waals surface area contributed by atoms with Gasteiger partial charge >= 0.3 is 12.3 Å². The summed E-state index contributed by atoms with van der Waals surface area (Å²) in [6.07, 6.45) is -2.49. The fourth-order valence-corrected chi connectivity index (χ4v) is 5.48. The van der Waals surface area contributed by atoms with Crippen LogP contribution in [0.15, 0.2) is 72.9 Å². The molecule has 50 heavy (non-hydrogen) atoms. The number of aromatic amines is 1. The first kappa shape index (κ1) is 38.3. The third kappa shape index (κ3) is 10.2. The number of H-pyrrole nitrogens is 1. The number of nitrogens with one attached hydrogen (secondary N) is 1. The van der Waals surface area contributed by atoms with Crippen molar-refractivity contribution in [3.05, 3.63) is 106 Å². The van der Waals surface area contributed by atoms with Crippen molar-refractivity contribution in [1.29, 1.82) is 0 Å². The zero-order chi connectivity index (χ0) is 36.8. The van der Waals surface area contributed by atoms with Crippen LogP contribution in [0, 0.1) is 5.82 Å². The number of allylic oxidation sites excluding steroid dienone is 1. The molecule has 266 valence electrons. The Kier molecular flexibility index (Phi) is 12.2. The number of hydrogen-bond donors (Lipinski definition) is 1. The van der Waals surface area contributed by atoms with E-state index in [1.54, 1.807) is 59.1 Å². The predicted octanol–water partition coefficient (Wildman–Crippen LogP) is 9.18. The maximum absolute atomic E-state index is 14.2. The van der Waals surface area contributed by atoms with Crippen LogP contribution in [0.25, 0.3) is 22.0 Å². The summed E-state index contributed by atoms with van der Waals surface area (Å²) in [5.41, 5.74) is 0.0441. The summed E-state index contributed by atoms with van der Waals surface area (Å²) >= 11 is 13.1. The standard InChI is InChI=1S/C36H36Cl2F4N4O4/c1-35(2,3)50-34(48)46(16-8-11-30(47)45(4)5)17-18-49-29-15-12-22(21-43-29)31(33-32(38)25-9-6-7-10-28(25)44-33)26(20-36(40,41)42)24-14-13-23(39)19-27(24)37/h6-15,19,21,44H,16-18,20H2,1-5H3/b11-8+,31-26+. The number of likely N-dealkylation sites (N-methyl/N-ethyl adjacent to an activating group) is 1. The molecule has 0 spiro atoms. The predicted molar refractivity (Wildman–Crippen MR) is 187 cm³/mol. The number of para-hydroxylation sites is 1. The fraction of sp³-hybridized carbons (Fsp3) is 0.306.